The van der Waals surface area contributed by atoms with Crippen molar-refractivity contribution in [1.82, 2.24) is 4.90 Å². The average Bonchev–Trinajstić information content (AvgIpc) is 2.14. The SMILES string of the molecule is CCCC1(N)CN(C(=O)CCOCC)C1. The van der Waals surface area contributed by atoms with Gasteiger partial charge in [0.15, 0.2) is 0 Å². The summed E-state index contributed by atoms with van der Waals surface area (Å²) >= 11 is 0. The number of nitrogens with two attached hydrogens (primary N) is 1. The molecule has 4 nitrogen and oxygen atoms in total. The molecule has 0 aliphatic carbocycles. The molecule has 0 aromatic rings. The van der Waals surface area contributed by atoms with E-state index in [1.54, 1.807) is 0 Å². The second kappa shape index (κ2) is 5.47. The van der Waals surface area contributed by atoms with Gasteiger partial charge in [0.05, 0.1) is 18.6 Å². The Morgan fingerprint density at radius 2 is 2.13 bits per heavy atom. The van der Waals surface area contributed by atoms with Gasteiger partial charge in [-0.25, -0.2) is 0 Å². The van der Waals surface area contributed by atoms with Crippen LogP contribution in [0.15, 0.2) is 0 Å². The summed E-state index contributed by atoms with van der Waals surface area (Å²) in [6.07, 6.45) is 2.57. The van der Waals surface area contributed by atoms with Crippen LogP contribution in [0.2, 0.25) is 0 Å². The van der Waals surface area contributed by atoms with Crippen molar-refractivity contribution in [3.63, 3.8) is 0 Å². The Hall–Kier alpha value is -0.610. The van der Waals surface area contributed by atoms with Crippen LogP contribution in [-0.2, 0) is 9.53 Å². The number of likely N-dealkylation sites (tertiary alicyclic amines) is 1. The van der Waals surface area contributed by atoms with Gasteiger partial charge in [-0.05, 0) is 13.3 Å². The van der Waals surface area contributed by atoms with Crippen LogP contribution in [0.4, 0.5) is 0 Å². The van der Waals surface area contributed by atoms with Crippen LogP contribution in [0.1, 0.15) is 33.1 Å². The van der Waals surface area contributed by atoms with Gasteiger partial charge in [0.25, 0.3) is 0 Å². The summed E-state index contributed by atoms with van der Waals surface area (Å²) in [6.45, 7) is 6.67. The van der Waals surface area contributed by atoms with E-state index in [1.165, 1.54) is 0 Å². The molecule has 1 rings (SSSR count). The molecule has 0 radical (unpaired) electrons. The molecule has 88 valence electrons. The summed E-state index contributed by atoms with van der Waals surface area (Å²) in [6, 6.07) is 0. The Morgan fingerprint density at radius 1 is 1.47 bits per heavy atom. The molecule has 2 N–H and O–H groups in total. The number of amides is 1. The predicted octanol–water partition coefficient (Wildman–Crippen LogP) is 0.753. The van der Waals surface area contributed by atoms with Gasteiger partial charge < -0.3 is 15.4 Å². The summed E-state index contributed by atoms with van der Waals surface area (Å²) in [5.41, 5.74) is 5.96. The average molecular weight is 214 g/mol. The highest BCUT2D eigenvalue weighted by Crippen LogP contribution is 2.23. The molecule has 0 spiro atoms. The quantitative estimate of drug-likeness (QED) is 0.664. The molecule has 1 heterocycles. The van der Waals surface area contributed by atoms with Gasteiger partial charge in [-0.3, -0.25) is 4.79 Å². The van der Waals surface area contributed by atoms with E-state index in [9.17, 15) is 4.79 Å². The maximum atomic E-state index is 11.6. The highest BCUT2D eigenvalue weighted by molar-refractivity contribution is 5.77. The molecule has 0 aromatic heterocycles. The zero-order valence-electron chi connectivity index (χ0n) is 9.79. The van der Waals surface area contributed by atoms with Crippen LogP contribution in [0.25, 0.3) is 0 Å². The lowest BCUT2D eigenvalue weighted by Gasteiger charge is -2.47. The van der Waals surface area contributed by atoms with Crippen molar-refractivity contribution in [3.05, 3.63) is 0 Å². The first kappa shape index (κ1) is 12.5. The molecular formula is C11H22N2O2. The monoisotopic (exact) mass is 214 g/mol. The van der Waals surface area contributed by atoms with Gasteiger partial charge in [-0.2, -0.15) is 0 Å². The van der Waals surface area contributed by atoms with E-state index < -0.39 is 0 Å². The minimum atomic E-state index is -0.115. The van der Waals surface area contributed by atoms with Crippen molar-refractivity contribution in [2.75, 3.05) is 26.3 Å². The van der Waals surface area contributed by atoms with Crippen LogP contribution in [0, 0.1) is 0 Å². The predicted molar refractivity (Wildman–Crippen MR) is 59.5 cm³/mol. The highest BCUT2D eigenvalue weighted by Gasteiger charge is 2.40. The van der Waals surface area contributed by atoms with Gasteiger partial charge in [-0.1, -0.05) is 13.3 Å². The summed E-state index contributed by atoms with van der Waals surface area (Å²) in [4.78, 5) is 13.4. The van der Waals surface area contributed by atoms with Crippen molar-refractivity contribution in [1.29, 1.82) is 0 Å². The fourth-order valence-electron chi connectivity index (χ4n) is 2.01. The fraction of sp³-hybridized carbons (Fsp3) is 0.909. The number of nitrogens with zero attached hydrogens (tertiary/aromatic N) is 1. The zero-order valence-corrected chi connectivity index (χ0v) is 9.79. The van der Waals surface area contributed by atoms with Crippen LogP contribution in [-0.4, -0.2) is 42.6 Å². The Bertz CT molecular complexity index is 213. The maximum absolute atomic E-state index is 11.6. The highest BCUT2D eigenvalue weighted by atomic mass is 16.5. The Kier molecular flexibility index (Phi) is 4.54. The van der Waals surface area contributed by atoms with E-state index >= 15 is 0 Å². The van der Waals surface area contributed by atoms with Crippen LogP contribution < -0.4 is 5.73 Å². The smallest absolute Gasteiger partial charge is 0.225 e. The van der Waals surface area contributed by atoms with Crippen LogP contribution in [0.3, 0.4) is 0 Å². The number of ether oxygens (including phenoxy) is 1. The van der Waals surface area contributed by atoms with E-state index in [4.69, 9.17) is 10.5 Å². The second-order valence-electron chi connectivity index (χ2n) is 4.31. The lowest BCUT2D eigenvalue weighted by Crippen LogP contribution is -2.68. The molecule has 0 saturated carbocycles. The second-order valence-corrected chi connectivity index (χ2v) is 4.31. The molecule has 0 atom stereocenters. The number of carbonyl (C=O) groups is 1. The minimum absolute atomic E-state index is 0.115. The largest absolute Gasteiger partial charge is 0.381 e. The molecule has 0 unspecified atom stereocenters. The lowest BCUT2D eigenvalue weighted by atomic mass is 9.86. The van der Waals surface area contributed by atoms with Crippen molar-refractivity contribution < 1.29 is 9.53 Å². The van der Waals surface area contributed by atoms with E-state index in [1.807, 2.05) is 11.8 Å². The number of carbonyl (C=O) groups excluding carboxylic acids is 1. The summed E-state index contributed by atoms with van der Waals surface area (Å²) < 4.78 is 5.14. The van der Waals surface area contributed by atoms with Crippen molar-refractivity contribution in [2.45, 2.75) is 38.6 Å². The van der Waals surface area contributed by atoms with Crippen molar-refractivity contribution >= 4 is 5.91 Å². The van der Waals surface area contributed by atoms with Gasteiger partial charge >= 0.3 is 0 Å². The standard InChI is InChI=1S/C11H22N2O2/c1-3-6-11(12)8-13(9-11)10(14)5-7-15-4-2/h3-9,12H2,1-2H3. The first-order valence-corrected chi connectivity index (χ1v) is 5.75. The first-order chi connectivity index (χ1) is 7.11. The van der Waals surface area contributed by atoms with Gasteiger partial charge in [0.1, 0.15) is 0 Å². The number of rotatable bonds is 6. The third kappa shape index (κ3) is 3.47. The first-order valence-electron chi connectivity index (χ1n) is 5.75. The molecular weight excluding hydrogens is 192 g/mol. The third-order valence-corrected chi connectivity index (χ3v) is 2.78. The molecule has 1 saturated heterocycles. The summed E-state index contributed by atoms with van der Waals surface area (Å²) in [7, 11) is 0. The summed E-state index contributed by atoms with van der Waals surface area (Å²) in [5.74, 6) is 0.167. The maximum Gasteiger partial charge on any atom is 0.225 e. The van der Waals surface area contributed by atoms with E-state index in [2.05, 4.69) is 6.92 Å². The molecule has 4 heteroatoms. The molecule has 0 aromatic carbocycles. The van der Waals surface area contributed by atoms with E-state index in [0.29, 0.717) is 32.7 Å². The van der Waals surface area contributed by atoms with Crippen molar-refractivity contribution in [3.8, 4) is 0 Å². The normalized spacial score (nSPS) is 18.7. The molecule has 1 amide bonds. The molecule has 1 aliphatic rings. The van der Waals surface area contributed by atoms with Gasteiger partial charge in [-0.15, -0.1) is 0 Å². The lowest BCUT2D eigenvalue weighted by molar-refractivity contribution is -0.140. The molecule has 15 heavy (non-hydrogen) atoms. The van der Waals surface area contributed by atoms with Crippen molar-refractivity contribution in [2.24, 2.45) is 5.73 Å². The van der Waals surface area contributed by atoms with Gasteiger partial charge in [0.2, 0.25) is 5.91 Å². The fourth-order valence-corrected chi connectivity index (χ4v) is 2.01. The molecule has 1 fully saturated rings. The van der Waals surface area contributed by atoms with Crippen LogP contribution >= 0.6 is 0 Å². The number of hydrogen-bond acceptors (Lipinski definition) is 3. The molecule has 1 aliphatic heterocycles. The topological polar surface area (TPSA) is 55.6 Å². The Labute approximate surface area is 91.8 Å². The Morgan fingerprint density at radius 3 is 2.67 bits per heavy atom. The molecule has 0 bridgehead atoms. The number of hydrogen-bond donors (Lipinski definition) is 1. The van der Waals surface area contributed by atoms with E-state index in [-0.39, 0.29) is 11.4 Å². The van der Waals surface area contributed by atoms with Gasteiger partial charge in [0, 0.05) is 19.7 Å². The minimum Gasteiger partial charge on any atom is -0.381 e. The third-order valence-electron chi connectivity index (χ3n) is 2.78. The Balaban J connectivity index is 2.17. The zero-order chi connectivity index (χ0) is 11.3. The summed E-state index contributed by atoms with van der Waals surface area (Å²) in [5, 5.41) is 0. The van der Waals surface area contributed by atoms with Crippen LogP contribution in [0.5, 0.6) is 0 Å². The van der Waals surface area contributed by atoms with E-state index in [0.717, 1.165) is 12.8 Å².